The number of hydrogen-bond acceptors (Lipinski definition) is 2. The topological polar surface area (TPSA) is 20.3 Å². The van der Waals surface area contributed by atoms with Gasteiger partial charge in [0.15, 0.2) is 5.78 Å². The molecular formula is C15H19NO. The number of hydrogen-bond donors (Lipinski definition) is 0. The molecule has 1 saturated heterocycles. The van der Waals surface area contributed by atoms with Crippen molar-refractivity contribution in [2.75, 3.05) is 13.6 Å². The van der Waals surface area contributed by atoms with Gasteiger partial charge in [-0.1, -0.05) is 18.2 Å². The van der Waals surface area contributed by atoms with Crippen molar-refractivity contribution >= 4 is 5.78 Å². The summed E-state index contributed by atoms with van der Waals surface area (Å²) >= 11 is 0. The molecule has 1 atom stereocenters. The molecule has 0 radical (unpaired) electrons. The minimum Gasteiger partial charge on any atom is -0.298 e. The van der Waals surface area contributed by atoms with Crippen molar-refractivity contribution in [1.82, 2.24) is 4.90 Å². The van der Waals surface area contributed by atoms with E-state index in [-0.39, 0.29) is 6.04 Å². The summed E-state index contributed by atoms with van der Waals surface area (Å²) in [5.74, 6) is 0.410. The number of benzene rings is 1. The Morgan fingerprint density at radius 2 is 2.06 bits per heavy atom. The van der Waals surface area contributed by atoms with Crippen LogP contribution in [0.3, 0.4) is 0 Å². The monoisotopic (exact) mass is 229 g/mol. The van der Waals surface area contributed by atoms with Crippen LogP contribution in [0.1, 0.15) is 29.5 Å². The first kappa shape index (κ1) is 11.0. The lowest BCUT2D eigenvalue weighted by molar-refractivity contribution is -0.119. The highest BCUT2D eigenvalue weighted by Crippen LogP contribution is 2.24. The first-order valence-electron chi connectivity index (χ1n) is 6.57. The number of fused-ring (bicyclic) bond motifs is 1. The smallest absolute Gasteiger partial charge is 0.151 e. The lowest BCUT2D eigenvalue weighted by Crippen LogP contribution is -2.31. The molecule has 0 N–H and O–H groups in total. The van der Waals surface area contributed by atoms with Crippen LogP contribution in [0.2, 0.25) is 0 Å². The molecular weight excluding hydrogens is 210 g/mol. The molecule has 90 valence electrons. The third kappa shape index (κ3) is 2.02. The molecule has 1 aliphatic carbocycles. The van der Waals surface area contributed by atoms with Gasteiger partial charge in [-0.15, -0.1) is 0 Å². The highest BCUT2D eigenvalue weighted by atomic mass is 16.1. The lowest BCUT2D eigenvalue weighted by Gasteiger charge is -2.18. The summed E-state index contributed by atoms with van der Waals surface area (Å²) in [6.45, 7) is 0.925. The number of carbonyl (C=O) groups is 1. The van der Waals surface area contributed by atoms with Crippen LogP contribution < -0.4 is 0 Å². The summed E-state index contributed by atoms with van der Waals surface area (Å²) in [4.78, 5) is 14.0. The molecule has 0 bridgehead atoms. The minimum atomic E-state index is 0.120. The van der Waals surface area contributed by atoms with Crippen molar-refractivity contribution in [1.29, 1.82) is 0 Å². The molecule has 0 spiro atoms. The summed E-state index contributed by atoms with van der Waals surface area (Å²) in [6.07, 6.45) is 5.37. The van der Waals surface area contributed by atoms with Crippen LogP contribution in [0, 0.1) is 0 Å². The molecule has 17 heavy (non-hydrogen) atoms. The molecule has 1 aromatic carbocycles. The van der Waals surface area contributed by atoms with Gasteiger partial charge in [0.1, 0.15) is 0 Å². The van der Waals surface area contributed by atoms with Gasteiger partial charge in [0, 0.05) is 13.0 Å². The van der Waals surface area contributed by atoms with Gasteiger partial charge in [-0.05, 0) is 49.4 Å². The third-order valence-corrected chi connectivity index (χ3v) is 4.21. The molecule has 1 aromatic rings. The third-order valence-electron chi connectivity index (χ3n) is 4.21. The van der Waals surface area contributed by atoms with Gasteiger partial charge >= 0.3 is 0 Å². The Balaban J connectivity index is 1.79. The van der Waals surface area contributed by atoms with E-state index in [0.29, 0.717) is 5.78 Å². The summed E-state index contributed by atoms with van der Waals surface area (Å²) in [5.41, 5.74) is 4.35. The number of rotatable bonds is 2. The molecule has 2 aliphatic rings. The Morgan fingerprint density at radius 3 is 2.82 bits per heavy atom. The number of ketones is 1. The highest BCUT2D eigenvalue weighted by molar-refractivity contribution is 5.86. The van der Waals surface area contributed by atoms with Gasteiger partial charge < -0.3 is 0 Å². The minimum absolute atomic E-state index is 0.120. The number of Topliss-reactive ketones (excluding diaryl/α,β-unsaturated/α-hetero) is 1. The van der Waals surface area contributed by atoms with Gasteiger partial charge in [0.25, 0.3) is 0 Å². The second-order valence-corrected chi connectivity index (χ2v) is 5.37. The zero-order chi connectivity index (χ0) is 11.8. The van der Waals surface area contributed by atoms with Crippen molar-refractivity contribution < 1.29 is 4.79 Å². The maximum absolute atomic E-state index is 11.8. The van der Waals surface area contributed by atoms with E-state index < -0.39 is 0 Å². The number of likely N-dealkylation sites (N-methyl/N-ethyl adjacent to an activating group) is 1. The van der Waals surface area contributed by atoms with Crippen LogP contribution in [-0.4, -0.2) is 30.3 Å². The van der Waals surface area contributed by atoms with Crippen molar-refractivity contribution in [3.8, 4) is 0 Å². The fourth-order valence-electron chi connectivity index (χ4n) is 3.10. The average Bonchev–Trinajstić information content (AvgIpc) is 2.90. The standard InChI is InChI=1S/C15H19NO/c1-16-8-7-15(17)14(16)10-11-5-6-12-3-2-4-13(12)9-11/h5-6,9,14H,2-4,7-8,10H2,1H3. The fraction of sp³-hybridized carbons (Fsp3) is 0.533. The van der Waals surface area contributed by atoms with Gasteiger partial charge in [-0.3, -0.25) is 9.69 Å². The Bertz CT molecular complexity index is 452. The van der Waals surface area contributed by atoms with Crippen LogP contribution in [0.5, 0.6) is 0 Å². The summed E-state index contributed by atoms with van der Waals surface area (Å²) < 4.78 is 0. The number of likely N-dealkylation sites (tertiary alicyclic amines) is 1. The SMILES string of the molecule is CN1CCC(=O)C1Cc1ccc2c(c1)CCC2. The van der Waals surface area contributed by atoms with E-state index in [9.17, 15) is 4.79 Å². The average molecular weight is 229 g/mol. The number of carbonyl (C=O) groups excluding carboxylic acids is 1. The summed E-state index contributed by atoms with van der Waals surface area (Å²) in [7, 11) is 2.06. The molecule has 0 saturated carbocycles. The van der Waals surface area contributed by atoms with E-state index in [1.54, 1.807) is 0 Å². The number of nitrogens with zero attached hydrogens (tertiary/aromatic N) is 1. The molecule has 1 heterocycles. The fourth-order valence-corrected chi connectivity index (χ4v) is 3.10. The first-order chi connectivity index (χ1) is 8.24. The van der Waals surface area contributed by atoms with Crippen molar-refractivity contribution in [3.05, 3.63) is 34.9 Å². The van der Waals surface area contributed by atoms with Crippen LogP contribution in [0.4, 0.5) is 0 Å². The Kier molecular flexibility index (Phi) is 2.75. The predicted octanol–water partition coefficient (Wildman–Crippen LogP) is 1.99. The van der Waals surface area contributed by atoms with Crippen LogP contribution in [0.15, 0.2) is 18.2 Å². The molecule has 1 unspecified atom stereocenters. The maximum atomic E-state index is 11.8. The van der Waals surface area contributed by atoms with Gasteiger partial charge in [0.05, 0.1) is 6.04 Å². The largest absolute Gasteiger partial charge is 0.298 e. The quantitative estimate of drug-likeness (QED) is 0.773. The van der Waals surface area contributed by atoms with E-state index in [1.807, 2.05) is 0 Å². The van der Waals surface area contributed by atoms with Crippen molar-refractivity contribution in [3.63, 3.8) is 0 Å². The van der Waals surface area contributed by atoms with E-state index in [1.165, 1.54) is 36.0 Å². The van der Waals surface area contributed by atoms with Crippen LogP contribution in [-0.2, 0) is 24.1 Å². The van der Waals surface area contributed by atoms with Gasteiger partial charge in [-0.2, -0.15) is 0 Å². The maximum Gasteiger partial charge on any atom is 0.151 e. The second-order valence-electron chi connectivity index (χ2n) is 5.37. The zero-order valence-electron chi connectivity index (χ0n) is 10.4. The van der Waals surface area contributed by atoms with Crippen molar-refractivity contribution in [2.24, 2.45) is 0 Å². The number of aryl methyl sites for hydroxylation is 2. The Morgan fingerprint density at radius 1 is 1.24 bits per heavy atom. The van der Waals surface area contributed by atoms with Crippen LogP contribution >= 0.6 is 0 Å². The lowest BCUT2D eigenvalue weighted by atomic mass is 9.99. The van der Waals surface area contributed by atoms with Gasteiger partial charge in [-0.25, -0.2) is 0 Å². The predicted molar refractivity (Wildman–Crippen MR) is 68.2 cm³/mol. The summed E-state index contributed by atoms with van der Waals surface area (Å²) in [5, 5.41) is 0. The van der Waals surface area contributed by atoms with E-state index in [0.717, 1.165) is 19.4 Å². The van der Waals surface area contributed by atoms with Gasteiger partial charge in [0.2, 0.25) is 0 Å². The van der Waals surface area contributed by atoms with Crippen molar-refractivity contribution in [2.45, 2.75) is 38.1 Å². The summed E-state index contributed by atoms with van der Waals surface area (Å²) in [6, 6.07) is 6.91. The van der Waals surface area contributed by atoms with E-state index in [2.05, 4.69) is 30.1 Å². The molecule has 1 aliphatic heterocycles. The normalized spacial score (nSPS) is 24.3. The first-order valence-corrected chi connectivity index (χ1v) is 6.57. The molecule has 0 amide bonds. The van der Waals surface area contributed by atoms with E-state index >= 15 is 0 Å². The molecule has 1 fully saturated rings. The van der Waals surface area contributed by atoms with E-state index in [4.69, 9.17) is 0 Å². The van der Waals surface area contributed by atoms with Crippen LogP contribution in [0.25, 0.3) is 0 Å². The molecule has 2 heteroatoms. The Labute approximate surface area is 103 Å². The molecule has 3 rings (SSSR count). The molecule has 2 nitrogen and oxygen atoms in total. The Hall–Kier alpha value is -1.15. The zero-order valence-corrected chi connectivity index (χ0v) is 10.4. The second kappa shape index (κ2) is 4.26. The highest BCUT2D eigenvalue weighted by Gasteiger charge is 2.29. The molecule has 0 aromatic heterocycles.